The molecule has 138 valence electrons. The first-order valence-corrected chi connectivity index (χ1v) is 9.16. The van der Waals surface area contributed by atoms with Crippen LogP contribution in [0.4, 0.5) is 18.9 Å². The van der Waals surface area contributed by atoms with Crippen LogP contribution in [0.5, 0.6) is 0 Å². The summed E-state index contributed by atoms with van der Waals surface area (Å²) in [4.78, 5) is 3.65. The van der Waals surface area contributed by atoms with Gasteiger partial charge in [0, 0.05) is 7.05 Å². The minimum atomic E-state index is -5.44. The highest BCUT2D eigenvalue weighted by Gasteiger charge is 2.47. The first kappa shape index (κ1) is 18.2. The van der Waals surface area contributed by atoms with E-state index in [1.165, 1.54) is 18.2 Å². The van der Waals surface area contributed by atoms with Gasteiger partial charge in [0.2, 0.25) is 0 Å². The molecule has 0 amide bonds. The maximum atomic E-state index is 12.9. The van der Waals surface area contributed by atoms with Crippen molar-refractivity contribution < 1.29 is 21.6 Å². The van der Waals surface area contributed by atoms with E-state index in [2.05, 4.69) is 10.3 Å². The summed E-state index contributed by atoms with van der Waals surface area (Å²) in [7, 11) is -3.65. The predicted molar refractivity (Wildman–Crippen MR) is 92.5 cm³/mol. The van der Waals surface area contributed by atoms with Crippen molar-refractivity contribution in [2.75, 3.05) is 5.32 Å². The lowest BCUT2D eigenvalue weighted by atomic mass is 10.2. The number of benzene rings is 2. The average molecular weight is 383 g/mol. The number of hydrogen-bond donors (Lipinski definition) is 1. The second kappa shape index (κ2) is 6.31. The first-order valence-electron chi connectivity index (χ1n) is 7.67. The lowest BCUT2D eigenvalue weighted by Gasteiger charge is -2.14. The summed E-state index contributed by atoms with van der Waals surface area (Å²) in [6.45, 7) is 2.01. The van der Waals surface area contributed by atoms with Crippen LogP contribution in [0.15, 0.2) is 47.4 Å². The van der Waals surface area contributed by atoms with Gasteiger partial charge in [-0.3, -0.25) is 0 Å². The zero-order chi connectivity index (χ0) is 19.1. The van der Waals surface area contributed by atoms with E-state index in [1.54, 1.807) is 7.05 Å². The molecule has 2 aromatic carbocycles. The van der Waals surface area contributed by atoms with E-state index in [-0.39, 0.29) is 12.2 Å². The molecule has 9 heteroatoms. The Balaban J connectivity index is 1.94. The van der Waals surface area contributed by atoms with E-state index in [1.807, 2.05) is 29.7 Å². The molecule has 3 rings (SSSR count). The smallest absolute Gasteiger partial charge is 0.377 e. The molecule has 5 nitrogen and oxygen atoms in total. The standard InChI is InChI=1S/C17H16F3N3O2S/c1-11-7-8-14-13(9-11)22-16(23(14)2)10-21-12-5-3-4-6-15(12)26(24,25)17(18,19)20/h3-9,21H,10H2,1-2H3. The van der Waals surface area contributed by atoms with Crippen LogP contribution in [0.3, 0.4) is 0 Å². The molecule has 0 aliphatic carbocycles. The third-order valence-corrected chi connectivity index (χ3v) is 5.59. The van der Waals surface area contributed by atoms with E-state index in [0.29, 0.717) is 5.82 Å². The number of hydrogen-bond acceptors (Lipinski definition) is 4. The Bertz CT molecular complexity index is 1070. The molecule has 0 unspecified atom stereocenters. The molecule has 0 aliphatic rings. The summed E-state index contributed by atoms with van der Waals surface area (Å²) in [6.07, 6.45) is 0. The Morgan fingerprint density at radius 3 is 2.54 bits per heavy atom. The molecule has 26 heavy (non-hydrogen) atoms. The summed E-state index contributed by atoms with van der Waals surface area (Å²) in [5.74, 6) is 0.574. The molecule has 1 N–H and O–H groups in total. The Morgan fingerprint density at radius 1 is 1.15 bits per heavy atom. The summed E-state index contributed by atoms with van der Waals surface area (Å²) in [5.41, 5.74) is -2.80. The molecule has 0 saturated heterocycles. The van der Waals surface area contributed by atoms with Crippen LogP contribution >= 0.6 is 0 Å². The van der Waals surface area contributed by atoms with Gasteiger partial charge in [0.1, 0.15) is 5.82 Å². The minimum Gasteiger partial charge on any atom is -0.377 e. The molecule has 0 spiro atoms. The van der Waals surface area contributed by atoms with Crippen molar-refractivity contribution in [1.82, 2.24) is 9.55 Å². The van der Waals surface area contributed by atoms with Crippen LogP contribution in [0.2, 0.25) is 0 Å². The summed E-state index contributed by atoms with van der Waals surface area (Å²) in [6, 6.07) is 10.7. The number of nitrogens with one attached hydrogen (secondary N) is 1. The zero-order valence-electron chi connectivity index (χ0n) is 14.0. The van der Waals surface area contributed by atoms with Gasteiger partial charge in [0.05, 0.1) is 28.2 Å². The molecule has 1 heterocycles. The number of aromatic nitrogens is 2. The maximum absolute atomic E-state index is 12.9. The number of alkyl halides is 3. The van der Waals surface area contributed by atoms with Crippen LogP contribution in [0, 0.1) is 6.92 Å². The van der Waals surface area contributed by atoms with Crippen molar-refractivity contribution >= 4 is 26.6 Å². The van der Waals surface area contributed by atoms with Gasteiger partial charge in [-0.05, 0) is 36.8 Å². The molecular weight excluding hydrogens is 367 g/mol. The highest BCUT2D eigenvalue weighted by atomic mass is 32.2. The largest absolute Gasteiger partial charge is 0.501 e. The maximum Gasteiger partial charge on any atom is 0.501 e. The monoisotopic (exact) mass is 383 g/mol. The number of para-hydroxylation sites is 1. The average Bonchev–Trinajstić information content (AvgIpc) is 2.87. The van der Waals surface area contributed by atoms with Gasteiger partial charge in [0.25, 0.3) is 9.84 Å². The van der Waals surface area contributed by atoms with Crippen LogP contribution in [0.1, 0.15) is 11.4 Å². The lowest BCUT2D eigenvalue weighted by molar-refractivity contribution is -0.0435. The number of fused-ring (bicyclic) bond motifs is 1. The zero-order valence-corrected chi connectivity index (χ0v) is 14.8. The molecule has 0 aliphatic heterocycles. The van der Waals surface area contributed by atoms with Crippen molar-refractivity contribution in [1.29, 1.82) is 0 Å². The fourth-order valence-corrected chi connectivity index (χ4v) is 3.60. The number of nitrogens with zero attached hydrogens (tertiary/aromatic N) is 2. The molecule has 1 aromatic heterocycles. The molecule has 0 saturated carbocycles. The molecule has 3 aromatic rings. The Morgan fingerprint density at radius 2 is 1.85 bits per heavy atom. The number of sulfone groups is 1. The van der Waals surface area contributed by atoms with Crippen molar-refractivity contribution in [2.45, 2.75) is 23.9 Å². The number of aryl methyl sites for hydroxylation is 2. The number of halogens is 3. The second-order valence-electron chi connectivity index (χ2n) is 5.88. The Labute approximate surface area is 148 Å². The highest BCUT2D eigenvalue weighted by Crippen LogP contribution is 2.34. The van der Waals surface area contributed by atoms with Crippen molar-refractivity contribution in [3.05, 3.63) is 53.9 Å². The van der Waals surface area contributed by atoms with Crippen LogP contribution < -0.4 is 5.32 Å². The summed E-state index contributed by atoms with van der Waals surface area (Å²) >= 11 is 0. The van der Waals surface area contributed by atoms with Gasteiger partial charge in [0.15, 0.2) is 0 Å². The topological polar surface area (TPSA) is 64.0 Å². The van der Waals surface area contributed by atoms with E-state index < -0.39 is 20.2 Å². The first-order chi connectivity index (χ1) is 12.1. The fraction of sp³-hybridized carbons (Fsp3) is 0.235. The fourth-order valence-electron chi connectivity index (χ4n) is 2.66. The predicted octanol–water partition coefficient (Wildman–Crippen LogP) is 3.79. The lowest BCUT2D eigenvalue weighted by Crippen LogP contribution is -2.24. The molecule has 0 atom stereocenters. The van der Waals surface area contributed by atoms with E-state index in [9.17, 15) is 21.6 Å². The number of imidazole rings is 1. The Hall–Kier alpha value is -2.55. The van der Waals surface area contributed by atoms with Gasteiger partial charge in [-0.2, -0.15) is 13.2 Å². The van der Waals surface area contributed by atoms with Crippen LogP contribution in [-0.2, 0) is 23.4 Å². The molecular formula is C17H16F3N3O2S. The van der Waals surface area contributed by atoms with Gasteiger partial charge in [-0.25, -0.2) is 13.4 Å². The Kier molecular flexibility index (Phi) is 4.43. The normalized spacial score (nSPS) is 12.5. The summed E-state index contributed by atoms with van der Waals surface area (Å²) in [5, 5.41) is 2.76. The highest BCUT2D eigenvalue weighted by molar-refractivity contribution is 7.92. The van der Waals surface area contributed by atoms with Crippen molar-refractivity contribution in [3.8, 4) is 0 Å². The molecule has 0 fully saturated rings. The molecule has 0 radical (unpaired) electrons. The summed E-state index contributed by atoms with van der Waals surface area (Å²) < 4.78 is 63.9. The van der Waals surface area contributed by atoms with Gasteiger partial charge in [-0.1, -0.05) is 18.2 Å². The van der Waals surface area contributed by atoms with Gasteiger partial charge >= 0.3 is 5.51 Å². The van der Waals surface area contributed by atoms with Gasteiger partial charge in [-0.15, -0.1) is 0 Å². The molecule has 0 bridgehead atoms. The third-order valence-electron chi connectivity index (χ3n) is 4.05. The van der Waals surface area contributed by atoms with E-state index in [4.69, 9.17) is 0 Å². The minimum absolute atomic E-state index is 0.0780. The number of anilines is 1. The van der Waals surface area contributed by atoms with Gasteiger partial charge < -0.3 is 9.88 Å². The quantitative estimate of drug-likeness (QED) is 0.745. The van der Waals surface area contributed by atoms with E-state index in [0.717, 1.165) is 22.7 Å². The van der Waals surface area contributed by atoms with Crippen molar-refractivity contribution in [2.24, 2.45) is 7.05 Å². The number of rotatable bonds is 4. The van der Waals surface area contributed by atoms with Crippen LogP contribution in [-0.4, -0.2) is 23.5 Å². The SMILES string of the molecule is Cc1ccc2c(c1)nc(CNc1ccccc1S(=O)(=O)C(F)(F)F)n2C. The third kappa shape index (κ3) is 3.14. The van der Waals surface area contributed by atoms with Crippen LogP contribution in [0.25, 0.3) is 11.0 Å². The second-order valence-corrected chi connectivity index (χ2v) is 7.79. The van der Waals surface area contributed by atoms with Crippen molar-refractivity contribution in [3.63, 3.8) is 0 Å². The van der Waals surface area contributed by atoms with E-state index >= 15 is 0 Å².